The van der Waals surface area contributed by atoms with E-state index in [2.05, 4.69) is 51.7 Å². The summed E-state index contributed by atoms with van der Waals surface area (Å²) >= 11 is 0. The van der Waals surface area contributed by atoms with Gasteiger partial charge in [0.2, 0.25) is 0 Å². The van der Waals surface area contributed by atoms with E-state index in [0.717, 1.165) is 44.9 Å². The summed E-state index contributed by atoms with van der Waals surface area (Å²) in [4.78, 5) is 23.7. The second-order valence-corrected chi connectivity index (χ2v) is 20.4. The SMILES string of the molecule is C=C(C[C@@H]1C[C@H](O)[C@@H]2O[C@@H]3C[C@]4(C)O[C@@H]5CC[C@@H]6O[C@@H]7C/C=C\[C@@H]8O[C@@H]9C[C@H](C)C[C@@H]%10OC(=O)C[C@H]%10O[C@H]9C[C@H]8O[C@H]7C/C=C\C[C@H]6O[C@@]5(C)CC[C@H]4O[C@H]3C[C@H]2O1)C(=O)O. The lowest BCUT2D eigenvalue weighted by atomic mass is 9.80. The zero-order valence-corrected chi connectivity index (χ0v) is 35.9. The predicted molar refractivity (Wildman–Crippen MR) is 217 cm³/mol. The zero-order chi connectivity index (χ0) is 42.2. The lowest BCUT2D eigenvalue weighted by Gasteiger charge is -2.54. The number of ether oxygens (including phenoxy) is 10. The van der Waals surface area contributed by atoms with E-state index >= 15 is 0 Å². The quantitative estimate of drug-likeness (QED) is 0.216. The Bertz CT molecular complexity index is 1720. The number of esters is 1. The van der Waals surface area contributed by atoms with Crippen molar-refractivity contribution >= 4 is 11.9 Å². The van der Waals surface area contributed by atoms with Crippen LogP contribution in [0.4, 0.5) is 0 Å². The number of hydrogen-bond donors (Lipinski definition) is 2. The molecule has 21 atom stereocenters. The summed E-state index contributed by atoms with van der Waals surface area (Å²) in [7, 11) is 0. The highest BCUT2D eigenvalue weighted by Gasteiger charge is 2.59. The molecule has 0 radical (unpaired) electrons. The Balaban J connectivity index is 0.806. The third-order valence-electron chi connectivity index (χ3n) is 15.7. The molecular weight excluding hydrogens is 789 g/mol. The highest BCUT2D eigenvalue weighted by Crippen LogP contribution is 2.50. The van der Waals surface area contributed by atoms with Crippen molar-refractivity contribution in [1.29, 1.82) is 0 Å². The summed E-state index contributed by atoms with van der Waals surface area (Å²) in [5.41, 5.74) is -1.14. The van der Waals surface area contributed by atoms with Gasteiger partial charge in [0.05, 0.1) is 103 Å². The van der Waals surface area contributed by atoms with Crippen LogP contribution >= 0.6 is 0 Å². The van der Waals surface area contributed by atoms with Crippen molar-refractivity contribution < 1.29 is 67.2 Å². The minimum absolute atomic E-state index is 0.0675. The number of carbonyl (C=O) groups excluding carboxylic acids is 1. The van der Waals surface area contributed by atoms with Crippen LogP contribution < -0.4 is 0 Å². The van der Waals surface area contributed by atoms with Crippen molar-refractivity contribution in [3.05, 3.63) is 36.5 Å². The van der Waals surface area contributed by atoms with E-state index in [-0.39, 0.29) is 116 Å². The van der Waals surface area contributed by atoms with Gasteiger partial charge in [0.1, 0.15) is 24.4 Å². The van der Waals surface area contributed by atoms with Crippen LogP contribution in [0.3, 0.4) is 0 Å². The largest absolute Gasteiger partial charge is 0.478 e. The van der Waals surface area contributed by atoms with Crippen molar-refractivity contribution in [2.45, 2.75) is 238 Å². The number of carboxylic acids is 1. The number of rotatable bonds is 3. The van der Waals surface area contributed by atoms with Crippen molar-refractivity contribution in [3.63, 3.8) is 0 Å². The maximum absolute atomic E-state index is 12.3. The summed E-state index contributed by atoms with van der Waals surface area (Å²) in [6.07, 6.45) is 13.4. The third-order valence-corrected chi connectivity index (χ3v) is 15.7. The minimum Gasteiger partial charge on any atom is -0.478 e. The molecule has 0 aromatic carbocycles. The van der Waals surface area contributed by atoms with Gasteiger partial charge < -0.3 is 57.6 Å². The van der Waals surface area contributed by atoms with E-state index in [4.69, 9.17) is 47.4 Å². The van der Waals surface area contributed by atoms with Gasteiger partial charge in [-0.15, -0.1) is 0 Å². The van der Waals surface area contributed by atoms with Crippen LogP contribution in [-0.4, -0.2) is 143 Å². The Morgan fingerprint density at radius 3 is 2.21 bits per heavy atom. The molecule has 10 heterocycles. The van der Waals surface area contributed by atoms with Crippen molar-refractivity contribution in [2.24, 2.45) is 5.92 Å². The Labute approximate surface area is 358 Å². The summed E-state index contributed by atoms with van der Waals surface area (Å²) in [6.45, 7) is 10.2. The van der Waals surface area contributed by atoms with Gasteiger partial charge in [0.25, 0.3) is 0 Å². The standard InChI is InChI=1S/C47H66O14/c1-24-16-33-36(56-38-22-43(49)58-34(38)17-24)20-35-30(55-33)11-7-10-29-28(54-35)8-5-6-9-32-31(53-29)12-13-42-46(3,60-32)15-14-41-47(4,61-42)23-40-37(57-41)21-39-44(59-40)27(48)19-26(52-39)18-25(2)45(50)51/h5-7,11,24,26-42,44,48H,2,8-10,12-23H2,1,3-4H3,(H,50,51)/b6-5-,11-7-/t24-,26+,27-,28-,29+,30-,31-,32+,33+,34-,35+,36-,37-,38+,39+,40+,41+,42+,44-,46-,47-/m0/s1. The maximum Gasteiger partial charge on any atom is 0.331 e. The lowest BCUT2D eigenvalue weighted by Crippen LogP contribution is -2.64. The van der Waals surface area contributed by atoms with Gasteiger partial charge in [-0.3, -0.25) is 4.79 Å². The van der Waals surface area contributed by atoms with Crippen LogP contribution in [0.2, 0.25) is 0 Å². The van der Waals surface area contributed by atoms with E-state index in [1.807, 2.05) is 0 Å². The van der Waals surface area contributed by atoms with Gasteiger partial charge in [0.15, 0.2) is 0 Å². The van der Waals surface area contributed by atoms with Crippen LogP contribution in [0, 0.1) is 5.92 Å². The second-order valence-electron chi connectivity index (χ2n) is 20.4. The monoisotopic (exact) mass is 854 g/mol. The molecule has 0 saturated carbocycles. The second kappa shape index (κ2) is 17.0. The number of carbonyl (C=O) groups is 2. The third kappa shape index (κ3) is 8.57. The number of hydrogen-bond acceptors (Lipinski definition) is 13. The maximum atomic E-state index is 12.3. The minimum atomic E-state index is -1.06. The first-order chi connectivity index (χ1) is 29.3. The molecule has 10 aliphatic rings. The number of aliphatic hydroxyl groups excluding tert-OH is 1. The molecule has 0 spiro atoms. The van der Waals surface area contributed by atoms with Gasteiger partial charge >= 0.3 is 11.9 Å². The lowest BCUT2D eigenvalue weighted by molar-refractivity contribution is -0.311. The topological polar surface area (TPSA) is 167 Å². The van der Waals surface area contributed by atoms with Crippen molar-refractivity contribution in [2.75, 3.05) is 0 Å². The van der Waals surface area contributed by atoms with Crippen molar-refractivity contribution in [3.8, 4) is 0 Å². The molecular formula is C47H66O14. The van der Waals surface area contributed by atoms with Gasteiger partial charge in [0, 0.05) is 37.7 Å². The normalized spacial score (nSPS) is 53.0. The summed E-state index contributed by atoms with van der Waals surface area (Å²) in [5, 5.41) is 20.5. The molecule has 338 valence electrons. The van der Waals surface area contributed by atoms with Gasteiger partial charge in [-0.2, -0.15) is 0 Å². The smallest absolute Gasteiger partial charge is 0.331 e. The van der Waals surface area contributed by atoms with Crippen LogP contribution in [0.25, 0.3) is 0 Å². The molecule has 0 unspecified atom stereocenters. The van der Waals surface area contributed by atoms with Crippen LogP contribution in [-0.2, 0) is 57.0 Å². The molecule has 10 rings (SSSR count). The highest BCUT2D eigenvalue weighted by atomic mass is 16.6. The Hall–Kier alpha value is -2.24. The van der Waals surface area contributed by atoms with E-state index in [0.29, 0.717) is 38.0 Å². The number of carboxylic acid groups (broad SMARTS) is 1. The van der Waals surface area contributed by atoms with E-state index in [1.165, 1.54) is 0 Å². The van der Waals surface area contributed by atoms with E-state index < -0.39 is 41.6 Å². The first-order valence-electron chi connectivity index (χ1n) is 23.3. The fraction of sp³-hybridized carbons (Fsp3) is 0.830. The molecule has 8 fully saturated rings. The first kappa shape index (κ1) is 42.7. The zero-order valence-electron chi connectivity index (χ0n) is 35.9. The van der Waals surface area contributed by atoms with Gasteiger partial charge in [-0.05, 0) is 77.6 Å². The highest BCUT2D eigenvalue weighted by molar-refractivity contribution is 5.85. The molecule has 0 amide bonds. The summed E-state index contributed by atoms with van der Waals surface area (Å²) < 4.78 is 67.5. The molecule has 8 saturated heterocycles. The molecule has 10 aliphatic heterocycles. The average molecular weight is 855 g/mol. The molecule has 14 nitrogen and oxygen atoms in total. The number of aliphatic carboxylic acids is 1. The molecule has 0 aliphatic carbocycles. The van der Waals surface area contributed by atoms with Gasteiger partial charge in [-0.25, -0.2) is 4.79 Å². The van der Waals surface area contributed by atoms with Crippen LogP contribution in [0.15, 0.2) is 36.5 Å². The molecule has 0 aromatic heterocycles. The molecule has 2 N–H and O–H groups in total. The number of aliphatic hydroxyl groups is 1. The summed E-state index contributed by atoms with van der Waals surface area (Å²) in [5.74, 6) is -0.890. The summed E-state index contributed by atoms with van der Waals surface area (Å²) in [6, 6.07) is 0. The predicted octanol–water partition coefficient (Wildman–Crippen LogP) is 5.20. The fourth-order valence-electron chi connectivity index (χ4n) is 12.5. The molecule has 0 aromatic rings. The Kier molecular flexibility index (Phi) is 11.9. The molecule has 61 heavy (non-hydrogen) atoms. The van der Waals surface area contributed by atoms with Crippen LogP contribution in [0.5, 0.6) is 0 Å². The molecule has 0 bridgehead atoms. The number of fused-ring (bicyclic) bond motifs is 9. The van der Waals surface area contributed by atoms with Gasteiger partial charge in [-0.1, -0.05) is 37.8 Å². The fourth-order valence-corrected chi connectivity index (χ4v) is 12.5. The van der Waals surface area contributed by atoms with Crippen LogP contribution in [0.1, 0.15) is 117 Å². The molecule has 14 heteroatoms. The first-order valence-corrected chi connectivity index (χ1v) is 23.3. The Morgan fingerprint density at radius 2 is 1.39 bits per heavy atom. The van der Waals surface area contributed by atoms with Crippen molar-refractivity contribution in [1.82, 2.24) is 0 Å². The average Bonchev–Trinajstić information content (AvgIpc) is 3.45. The van der Waals surface area contributed by atoms with E-state index in [9.17, 15) is 19.8 Å². The Morgan fingerprint density at radius 1 is 0.689 bits per heavy atom. The van der Waals surface area contributed by atoms with E-state index in [1.54, 1.807) is 0 Å².